The number of aliphatic imine (C=N–C) groups is 1. The van der Waals surface area contributed by atoms with Gasteiger partial charge in [-0.25, -0.2) is 0 Å². The van der Waals surface area contributed by atoms with Gasteiger partial charge in [0.2, 0.25) is 0 Å². The van der Waals surface area contributed by atoms with Crippen LogP contribution in [0.1, 0.15) is 83.3 Å². The first-order valence-electron chi connectivity index (χ1n) is 12.3. The Hall–Kier alpha value is -1.63. The molecule has 168 valence electrons. The predicted octanol–water partition coefficient (Wildman–Crippen LogP) is 3.23. The second-order valence-corrected chi connectivity index (χ2v) is 9.18. The summed E-state index contributed by atoms with van der Waals surface area (Å²) in [4.78, 5) is 4.89. The molecule has 1 aromatic heterocycles. The molecule has 7 nitrogen and oxygen atoms in total. The lowest BCUT2D eigenvalue weighted by atomic mass is 9.60. The van der Waals surface area contributed by atoms with Gasteiger partial charge >= 0.3 is 0 Å². The predicted molar refractivity (Wildman–Crippen MR) is 120 cm³/mol. The fraction of sp³-hybridized carbons (Fsp3) is 0.870. The first-order chi connectivity index (χ1) is 14.8. The van der Waals surface area contributed by atoms with Gasteiger partial charge in [-0.3, -0.25) is 4.99 Å². The van der Waals surface area contributed by atoms with E-state index in [0.29, 0.717) is 17.6 Å². The van der Waals surface area contributed by atoms with Gasteiger partial charge in [0, 0.05) is 50.5 Å². The Labute approximate surface area is 181 Å². The average molecular weight is 417 g/mol. The van der Waals surface area contributed by atoms with Crippen LogP contribution in [0.25, 0.3) is 0 Å². The van der Waals surface area contributed by atoms with Crippen molar-refractivity contribution in [2.24, 2.45) is 10.4 Å². The van der Waals surface area contributed by atoms with Crippen LogP contribution < -0.4 is 10.6 Å². The zero-order valence-corrected chi connectivity index (χ0v) is 19.0. The lowest BCUT2D eigenvalue weighted by Gasteiger charge is -2.54. The minimum Gasteiger partial charge on any atom is -0.378 e. The van der Waals surface area contributed by atoms with E-state index in [9.17, 15) is 0 Å². The van der Waals surface area contributed by atoms with E-state index in [1.165, 1.54) is 50.8 Å². The molecule has 0 aromatic carbocycles. The second kappa shape index (κ2) is 10.1. The van der Waals surface area contributed by atoms with E-state index < -0.39 is 0 Å². The number of nitrogens with zero attached hydrogens (tertiary/aromatic N) is 4. The van der Waals surface area contributed by atoms with Gasteiger partial charge in [0.25, 0.3) is 0 Å². The Kier molecular flexibility index (Phi) is 7.28. The molecule has 1 spiro atoms. The summed E-state index contributed by atoms with van der Waals surface area (Å²) in [6.45, 7) is 7.85. The highest BCUT2D eigenvalue weighted by Gasteiger charge is 2.56. The van der Waals surface area contributed by atoms with Gasteiger partial charge in [-0.1, -0.05) is 19.3 Å². The maximum Gasteiger partial charge on any atom is 0.191 e. The van der Waals surface area contributed by atoms with Crippen molar-refractivity contribution in [3.8, 4) is 0 Å². The van der Waals surface area contributed by atoms with E-state index in [-0.39, 0.29) is 0 Å². The summed E-state index contributed by atoms with van der Waals surface area (Å²) < 4.78 is 8.42. The molecule has 1 aromatic rings. The van der Waals surface area contributed by atoms with E-state index in [1.807, 2.05) is 0 Å². The van der Waals surface area contributed by atoms with Crippen molar-refractivity contribution in [2.75, 3.05) is 19.7 Å². The van der Waals surface area contributed by atoms with Crippen molar-refractivity contribution in [3.05, 3.63) is 11.6 Å². The van der Waals surface area contributed by atoms with Crippen molar-refractivity contribution < 1.29 is 4.74 Å². The van der Waals surface area contributed by atoms with Crippen LogP contribution in [0.3, 0.4) is 0 Å². The molecule has 2 N–H and O–H groups in total. The van der Waals surface area contributed by atoms with Crippen molar-refractivity contribution in [1.29, 1.82) is 0 Å². The number of hydrogen-bond donors (Lipinski definition) is 2. The minimum absolute atomic E-state index is 0.325. The lowest BCUT2D eigenvalue weighted by Crippen LogP contribution is -2.65. The second-order valence-electron chi connectivity index (χ2n) is 9.18. The van der Waals surface area contributed by atoms with E-state index in [2.05, 4.69) is 39.2 Å². The molecule has 2 fully saturated rings. The minimum atomic E-state index is 0.325. The third-order valence-electron chi connectivity index (χ3n) is 7.36. The fourth-order valence-corrected chi connectivity index (χ4v) is 5.73. The van der Waals surface area contributed by atoms with Gasteiger partial charge in [0.15, 0.2) is 5.96 Å². The molecule has 2 heterocycles. The zero-order valence-electron chi connectivity index (χ0n) is 19.0. The third-order valence-corrected chi connectivity index (χ3v) is 7.36. The van der Waals surface area contributed by atoms with Crippen molar-refractivity contribution in [2.45, 2.75) is 103 Å². The monoisotopic (exact) mass is 416 g/mol. The average Bonchev–Trinajstić information content (AvgIpc) is 3.34. The molecule has 1 aliphatic heterocycles. The summed E-state index contributed by atoms with van der Waals surface area (Å²) in [5, 5.41) is 16.1. The fourth-order valence-electron chi connectivity index (χ4n) is 5.73. The Morgan fingerprint density at radius 1 is 1.17 bits per heavy atom. The molecule has 2 unspecified atom stereocenters. The largest absolute Gasteiger partial charge is 0.378 e. The summed E-state index contributed by atoms with van der Waals surface area (Å²) in [6.07, 6.45) is 13.6. The van der Waals surface area contributed by atoms with Crippen molar-refractivity contribution >= 4 is 5.96 Å². The molecule has 2 saturated carbocycles. The van der Waals surface area contributed by atoms with Gasteiger partial charge < -0.3 is 19.9 Å². The molecule has 2 atom stereocenters. The maximum absolute atomic E-state index is 6.07. The Bertz CT molecular complexity index is 709. The molecular formula is C23H40N6O. The maximum atomic E-state index is 6.07. The molecule has 30 heavy (non-hydrogen) atoms. The first kappa shape index (κ1) is 21.6. The van der Waals surface area contributed by atoms with Gasteiger partial charge in [0.1, 0.15) is 11.6 Å². The van der Waals surface area contributed by atoms with Crippen molar-refractivity contribution in [3.63, 3.8) is 0 Å². The number of nitrogens with one attached hydrogen (secondary N) is 2. The molecule has 7 heteroatoms. The highest BCUT2D eigenvalue weighted by Crippen LogP contribution is 2.54. The topological polar surface area (TPSA) is 76.4 Å². The molecule has 0 radical (unpaired) electrons. The van der Waals surface area contributed by atoms with Crippen LogP contribution in [0, 0.1) is 5.41 Å². The van der Waals surface area contributed by atoms with Crippen LogP contribution in [0.4, 0.5) is 0 Å². The highest BCUT2D eigenvalue weighted by molar-refractivity contribution is 5.80. The third kappa shape index (κ3) is 4.51. The van der Waals surface area contributed by atoms with Crippen LogP contribution in [-0.4, -0.2) is 52.6 Å². The van der Waals surface area contributed by atoms with Gasteiger partial charge in [0.05, 0.1) is 6.10 Å². The molecule has 2 aliphatic carbocycles. The van der Waals surface area contributed by atoms with Gasteiger partial charge in [-0.2, -0.15) is 0 Å². The number of fused-ring (bicyclic) bond motifs is 1. The number of aromatic nitrogens is 3. The molecule has 4 rings (SSSR count). The summed E-state index contributed by atoms with van der Waals surface area (Å²) in [7, 11) is 0. The SMILES string of the molecule is CCNC(=NCCCc1nnc2n1CCCCC2)NC1CC(OCC)C12CCCC2. The van der Waals surface area contributed by atoms with E-state index in [4.69, 9.17) is 9.73 Å². The standard InChI is InChI=1S/C23H40N6O/c1-3-24-22(26-18-17-19(30-4-2)23(18)13-7-8-14-23)25-15-10-12-21-28-27-20-11-6-5-9-16-29(20)21/h18-19H,3-17H2,1-2H3,(H2,24,25,26). The Morgan fingerprint density at radius 2 is 2.03 bits per heavy atom. The summed E-state index contributed by atoms with van der Waals surface area (Å²) in [5.41, 5.74) is 0.325. The van der Waals surface area contributed by atoms with Crippen LogP contribution in [0.5, 0.6) is 0 Å². The van der Waals surface area contributed by atoms with Crippen LogP contribution in [-0.2, 0) is 24.1 Å². The zero-order chi connectivity index (χ0) is 20.8. The quantitative estimate of drug-likeness (QED) is 0.387. The molecule has 0 saturated heterocycles. The smallest absolute Gasteiger partial charge is 0.191 e. The van der Waals surface area contributed by atoms with Crippen LogP contribution >= 0.6 is 0 Å². The van der Waals surface area contributed by atoms with E-state index in [0.717, 1.165) is 63.7 Å². The van der Waals surface area contributed by atoms with E-state index >= 15 is 0 Å². The normalized spacial score (nSPS) is 25.6. The number of aryl methyl sites for hydroxylation is 2. The Balaban J connectivity index is 1.31. The first-order valence-corrected chi connectivity index (χ1v) is 12.3. The summed E-state index contributed by atoms with van der Waals surface area (Å²) in [5.74, 6) is 3.28. The Morgan fingerprint density at radius 3 is 2.83 bits per heavy atom. The summed E-state index contributed by atoms with van der Waals surface area (Å²) in [6, 6.07) is 0.488. The summed E-state index contributed by atoms with van der Waals surface area (Å²) >= 11 is 0. The number of ether oxygens (including phenoxy) is 1. The molecular weight excluding hydrogens is 376 g/mol. The lowest BCUT2D eigenvalue weighted by molar-refractivity contribution is -0.125. The number of rotatable bonds is 8. The van der Waals surface area contributed by atoms with Gasteiger partial charge in [-0.05, 0) is 52.4 Å². The van der Waals surface area contributed by atoms with E-state index in [1.54, 1.807) is 0 Å². The van der Waals surface area contributed by atoms with Crippen LogP contribution in [0.2, 0.25) is 0 Å². The highest BCUT2D eigenvalue weighted by atomic mass is 16.5. The molecule has 3 aliphatic rings. The van der Waals surface area contributed by atoms with Crippen LogP contribution in [0.15, 0.2) is 4.99 Å². The van der Waals surface area contributed by atoms with Crippen molar-refractivity contribution in [1.82, 2.24) is 25.4 Å². The number of hydrogen-bond acceptors (Lipinski definition) is 4. The number of guanidine groups is 1. The van der Waals surface area contributed by atoms with Gasteiger partial charge in [-0.15, -0.1) is 10.2 Å². The molecule has 0 bridgehead atoms. The molecule has 0 amide bonds.